The van der Waals surface area contributed by atoms with Crippen LogP contribution in [0.1, 0.15) is 11.8 Å². The normalized spacial score (nSPS) is 11.9. The first-order valence-electron chi connectivity index (χ1n) is 5.35. The molecule has 2 amide bonds. The van der Waals surface area contributed by atoms with Crippen molar-refractivity contribution in [3.8, 4) is 0 Å². The van der Waals surface area contributed by atoms with Gasteiger partial charge in [-0.2, -0.15) is 0 Å². The van der Waals surface area contributed by atoms with E-state index in [1.807, 2.05) is 11.4 Å². The summed E-state index contributed by atoms with van der Waals surface area (Å²) in [5.74, 6) is -1.50. The Balaban J connectivity index is 2.39. The first-order valence-corrected chi connectivity index (χ1v) is 7.02. The molecule has 0 bridgehead atoms. The van der Waals surface area contributed by atoms with Crippen molar-refractivity contribution < 1.29 is 14.7 Å². The van der Waals surface area contributed by atoms with Gasteiger partial charge in [-0.05, 0) is 22.0 Å². The molecule has 0 spiro atoms. The molecule has 0 aliphatic heterocycles. The van der Waals surface area contributed by atoms with E-state index in [1.165, 1.54) is 4.90 Å². The predicted molar refractivity (Wildman–Crippen MR) is 73.7 cm³/mol. The molecule has 18 heavy (non-hydrogen) atoms. The summed E-state index contributed by atoms with van der Waals surface area (Å²) in [4.78, 5) is 24.9. The molecule has 0 aliphatic carbocycles. The number of carbonyl (C=O) groups excluding carboxylic acids is 1. The lowest BCUT2D eigenvalue weighted by atomic mass is 10.2. The number of urea groups is 1. The Labute approximate surface area is 118 Å². The van der Waals surface area contributed by atoms with Gasteiger partial charge in [-0.1, -0.05) is 6.92 Å². The fourth-order valence-electron chi connectivity index (χ4n) is 1.20. The molecule has 2 N–H and O–H groups in total. The molecule has 1 aromatic rings. The number of halogens is 1. The number of nitrogens with zero attached hydrogens (tertiary/aromatic N) is 1. The van der Waals surface area contributed by atoms with E-state index in [2.05, 4.69) is 21.2 Å². The van der Waals surface area contributed by atoms with Gasteiger partial charge in [-0.25, -0.2) is 4.79 Å². The van der Waals surface area contributed by atoms with Gasteiger partial charge in [0.15, 0.2) is 0 Å². The van der Waals surface area contributed by atoms with E-state index in [9.17, 15) is 9.59 Å². The Bertz CT molecular complexity index is 436. The Kier molecular flexibility index (Phi) is 5.61. The number of carbonyl (C=O) groups is 2. The minimum absolute atomic E-state index is 0.132. The monoisotopic (exact) mass is 334 g/mol. The number of nitrogens with one attached hydrogen (secondary N) is 1. The van der Waals surface area contributed by atoms with Crippen LogP contribution in [0, 0.1) is 5.92 Å². The third-order valence-corrected chi connectivity index (χ3v) is 4.02. The van der Waals surface area contributed by atoms with E-state index in [-0.39, 0.29) is 12.6 Å². The molecule has 0 aliphatic rings. The molecule has 0 saturated carbocycles. The van der Waals surface area contributed by atoms with E-state index < -0.39 is 11.9 Å². The van der Waals surface area contributed by atoms with Crippen LogP contribution in [0.2, 0.25) is 0 Å². The number of hydrogen-bond acceptors (Lipinski definition) is 3. The number of aliphatic carboxylic acids is 1. The SMILES string of the molecule is CC(CNC(=O)N(C)Cc1cc(Br)cs1)C(=O)O. The van der Waals surface area contributed by atoms with E-state index in [1.54, 1.807) is 25.3 Å². The summed E-state index contributed by atoms with van der Waals surface area (Å²) in [5.41, 5.74) is 0. The van der Waals surface area contributed by atoms with Crippen LogP contribution < -0.4 is 5.32 Å². The van der Waals surface area contributed by atoms with Gasteiger partial charge in [0.2, 0.25) is 0 Å². The fraction of sp³-hybridized carbons (Fsp3) is 0.455. The summed E-state index contributed by atoms with van der Waals surface area (Å²) in [6.07, 6.45) is 0. The van der Waals surface area contributed by atoms with E-state index in [4.69, 9.17) is 5.11 Å². The average molecular weight is 335 g/mol. The quantitative estimate of drug-likeness (QED) is 0.868. The highest BCUT2D eigenvalue weighted by atomic mass is 79.9. The smallest absolute Gasteiger partial charge is 0.317 e. The van der Waals surface area contributed by atoms with E-state index >= 15 is 0 Å². The molecule has 0 radical (unpaired) electrons. The van der Waals surface area contributed by atoms with E-state index in [0.29, 0.717) is 6.54 Å². The van der Waals surface area contributed by atoms with Crippen molar-refractivity contribution in [2.45, 2.75) is 13.5 Å². The standard InChI is InChI=1S/C11H15BrN2O3S/c1-7(10(15)16)4-13-11(17)14(2)5-9-3-8(12)6-18-9/h3,6-7H,4-5H2,1-2H3,(H,13,17)(H,15,16). The number of thiophene rings is 1. The highest BCUT2D eigenvalue weighted by molar-refractivity contribution is 9.10. The molecule has 5 nitrogen and oxygen atoms in total. The van der Waals surface area contributed by atoms with Crippen molar-refractivity contribution in [1.82, 2.24) is 10.2 Å². The topological polar surface area (TPSA) is 69.6 Å². The second-order valence-electron chi connectivity index (χ2n) is 4.01. The Morgan fingerprint density at radius 2 is 2.28 bits per heavy atom. The number of amides is 2. The van der Waals surface area contributed by atoms with Gasteiger partial charge in [0.1, 0.15) is 0 Å². The second kappa shape index (κ2) is 6.75. The summed E-state index contributed by atoms with van der Waals surface area (Å²) in [7, 11) is 1.67. The van der Waals surface area contributed by atoms with Gasteiger partial charge in [-0.3, -0.25) is 4.79 Å². The van der Waals surface area contributed by atoms with Gasteiger partial charge in [0, 0.05) is 28.3 Å². The van der Waals surface area contributed by atoms with Crippen molar-refractivity contribution in [2.75, 3.05) is 13.6 Å². The Morgan fingerprint density at radius 3 is 2.78 bits per heavy atom. The average Bonchev–Trinajstić information content (AvgIpc) is 2.70. The summed E-state index contributed by atoms with van der Waals surface area (Å²) < 4.78 is 0.996. The number of rotatable bonds is 5. The first kappa shape index (κ1) is 15.0. The van der Waals surface area contributed by atoms with Crippen LogP contribution in [-0.4, -0.2) is 35.6 Å². The van der Waals surface area contributed by atoms with Crippen LogP contribution in [-0.2, 0) is 11.3 Å². The lowest BCUT2D eigenvalue weighted by molar-refractivity contribution is -0.140. The largest absolute Gasteiger partial charge is 0.481 e. The van der Waals surface area contributed by atoms with Crippen molar-refractivity contribution in [3.05, 3.63) is 20.8 Å². The molecule has 1 atom stereocenters. The summed E-state index contributed by atoms with van der Waals surface area (Å²) in [6.45, 7) is 2.19. The van der Waals surface area contributed by atoms with Gasteiger partial charge in [-0.15, -0.1) is 11.3 Å². The third-order valence-electron chi connectivity index (χ3n) is 2.34. The zero-order chi connectivity index (χ0) is 13.7. The molecule has 1 rings (SSSR count). The molecule has 1 aromatic heterocycles. The summed E-state index contributed by atoms with van der Waals surface area (Å²) in [6, 6.07) is 1.68. The van der Waals surface area contributed by atoms with Crippen LogP contribution in [0.5, 0.6) is 0 Å². The summed E-state index contributed by atoms with van der Waals surface area (Å²) >= 11 is 4.91. The lowest BCUT2D eigenvalue weighted by Crippen LogP contribution is -2.39. The molecule has 7 heteroatoms. The molecule has 0 saturated heterocycles. The van der Waals surface area contributed by atoms with Gasteiger partial charge < -0.3 is 15.3 Å². The Morgan fingerprint density at radius 1 is 1.61 bits per heavy atom. The molecule has 0 aromatic carbocycles. The van der Waals surface area contributed by atoms with Crippen LogP contribution in [0.4, 0.5) is 4.79 Å². The van der Waals surface area contributed by atoms with Crippen molar-refractivity contribution in [3.63, 3.8) is 0 Å². The van der Waals surface area contributed by atoms with E-state index in [0.717, 1.165) is 9.35 Å². The maximum atomic E-state index is 11.7. The minimum atomic E-state index is -0.917. The molecule has 1 heterocycles. The number of hydrogen-bond donors (Lipinski definition) is 2. The lowest BCUT2D eigenvalue weighted by Gasteiger charge is -2.18. The van der Waals surface area contributed by atoms with Crippen molar-refractivity contribution in [1.29, 1.82) is 0 Å². The zero-order valence-electron chi connectivity index (χ0n) is 10.1. The molecule has 100 valence electrons. The van der Waals surface area contributed by atoms with Gasteiger partial charge in [0.25, 0.3) is 0 Å². The molecule has 0 fully saturated rings. The summed E-state index contributed by atoms with van der Waals surface area (Å²) in [5, 5.41) is 13.2. The molecular weight excluding hydrogens is 320 g/mol. The number of carboxylic acid groups (broad SMARTS) is 1. The van der Waals surface area contributed by atoms with Crippen LogP contribution >= 0.6 is 27.3 Å². The van der Waals surface area contributed by atoms with Crippen molar-refractivity contribution in [2.24, 2.45) is 5.92 Å². The molecular formula is C11H15BrN2O3S. The maximum absolute atomic E-state index is 11.7. The van der Waals surface area contributed by atoms with Crippen LogP contribution in [0.15, 0.2) is 15.9 Å². The maximum Gasteiger partial charge on any atom is 0.317 e. The van der Waals surface area contributed by atoms with Gasteiger partial charge in [0.05, 0.1) is 12.5 Å². The third kappa shape index (κ3) is 4.66. The van der Waals surface area contributed by atoms with Crippen LogP contribution in [0.25, 0.3) is 0 Å². The van der Waals surface area contributed by atoms with Crippen LogP contribution in [0.3, 0.4) is 0 Å². The molecule has 1 unspecified atom stereocenters. The first-order chi connectivity index (χ1) is 8.40. The fourth-order valence-corrected chi connectivity index (χ4v) is 2.71. The Hall–Kier alpha value is -1.08. The highest BCUT2D eigenvalue weighted by Gasteiger charge is 2.14. The van der Waals surface area contributed by atoms with Crippen molar-refractivity contribution >= 4 is 39.3 Å². The van der Waals surface area contributed by atoms with Gasteiger partial charge >= 0.3 is 12.0 Å². The predicted octanol–water partition coefficient (Wildman–Crippen LogP) is 2.37. The highest BCUT2D eigenvalue weighted by Crippen LogP contribution is 2.20. The second-order valence-corrected chi connectivity index (χ2v) is 5.92. The zero-order valence-corrected chi connectivity index (χ0v) is 12.5. The minimum Gasteiger partial charge on any atom is -0.481 e. The number of carboxylic acids is 1.